The summed E-state index contributed by atoms with van der Waals surface area (Å²) >= 11 is 13.9. The van der Waals surface area contributed by atoms with Crippen molar-refractivity contribution in [2.24, 2.45) is 0 Å². The molecule has 0 bridgehead atoms. The zero-order chi connectivity index (χ0) is 34.4. The summed E-state index contributed by atoms with van der Waals surface area (Å²) < 4.78 is 25.3. The maximum atomic E-state index is 6.93. The summed E-state index contributed by atoms with van der Waals surface area (Å²) in [6.07, 6.45) is 0. The van der Waals surface area contributed by atoms with Crippen molar-refractivity contribution in [3.8, 4) is 11.5 Å². The van der Waals surface area contributed by atoms with Crippen LogP contribution in [0, 0.1) is 0 Å². The van der Waals surface area contributed by atoms with Gasteiger partial charge in [0.2, 0.25) is 0 Å². The summed E-state index contributed by atoms with van der Waals surface area (Å²) in [5.74, 6) is 1.58. The Hall–Kier alpha value is -2.59. The molecule has 0 atom stereocenters. The summed E-state index contributed by atoms with van der Waals surface area (Å²) in [5.41, 5.74) is 3.72. The third-order valence-corrected chi connectivity index (χ3v) is 11.0. The van der Waals surface area contributed by atoms with Gasteiger partial charge in [0, 0.05) is 31.8 Å². The van der Waals surface area contributed by atoms with Crippen molar-refractivity contribution in [3.05, 3.63) is 117 Å². The van der Waals surface area contributed by atoms with Gasteiger partial charge in [0.15, 0.2) is 13.6 Å². The maximum absolute atomic E-state index is 6.93. The van der Waals surface area contributed by atoms with Gasteiger partial charge in [-0.3, -0.25) is 0 Å². The molecule has 0 spiro atoms. The normalized spacial score (nSPS) is 12.4. The first-order chi connectivity index (χ1) is 22.1. The van der Waals surface area contributed by atoms with Crippen LogP contribution >= 0.6 is 31.1 Å². The van der Waals surface area contributed by atoms with Crippen molar-refractivity contribution < 1.29 is 18.9 Å². The van der Waals surface area contributed by atoms with Crippen LogP contribution in [-0.4, -0.2) is 18.7 Å². The molecule has 0 N–H and O–H groups in total. The lowest BCUT2D eigenvalue weighted by Gasteiger charge is -2.37. The number of halogens is 2. The third kappa shape index (κ3) is 10.2. The van der Waals surface area contributed by atoms with Crippen molar-refractivity contribution >= 4 is 41.7 Å². The number of hydrogen-bond donors (Lipinski definition) is 0. The number of hydrogen-bond acceptors (Lipinski definition) is 4. The van der Waals surface area contributed by atoms with E-state index in [2.05, 4.69) is 62.3 Å². The van der Waals surface area contributed by atoms with Crippen molar-refractivity contribution in [2.75, 3.05) is 13.6 Å². The molecule has 0 saturated heterocycles. The van der Waals surface area contributed by atoms with E-state index in [1.807, 2.05) is 84.9 Å². The molecule has 4 aromatic carbocycles. The minimum atomic E-state index is -1.15. The van der Waals surface area contributed by atoms with Crippen LogP contribution in [0.1, 0.15) is 84.6 Å². The number of ether oxygens (including phenoxy) is 4. The second-order valence-electron chi connectivity index (χ2n) is 14.8. The van der Waals surface area contributed by atoms with Crippen molar-refractivity contribution in [2.45, 2.75) is 91.5 Å². The summed E-state index contributed by atoms with van der Waals surface area (Å²) in [5, 5.41) is 3.12. The monoisotopic (exact) mass is 694 g/mol. The second-order valence-corrected chi connectivity index (χ2v) is 18.7. The van der Waals surface area contributed by atoms with E-state index >= 15 is 0 Å². The minimum Gasteiger partial charge on any atom is -0.467 e. The Morgan fingerprint density at radius 3 is 1.21 bits per heavy atom. The summed E-state index contributed by atoms with van der Waals surface area (Å²) in [6, 6.07) is 28.3. The molecule has 0 saturated carbocycles. The van der Waals surface area contributed by atoms with E-state index in [0.29, 0.717) is 23.3 Å². The van der Waals surface area contributed by atoms with Gasteiger partial charge >= 0.3 is 0 Å². The first kappa shape index (κ1) is 37.2. The van der Waals surface area contributed by atoms with Crippen LogP contribution in [0.25, 0.3) is 0 Å². The molecule has 4 rings (SSSR count). The van der Waals surface area contributed by atoms with Crippen LogP contribution in [0.4, 0.5) is 0 Å². The molecule has 252 valence electrons. The molecule has 4 nitrogen and oxygen atoms in total. The Bertz CT molecular complexity index is 1490. The molecular formula is C40H49Cl2O4P. The maximum Gasteiger partial charge on any atom is 0.189 e. The van der Waals surface area contributed by atoms with Crippen molar-refractivity contribution in [3.63, 3.8) is 0 Å². The highest BCUT2D eigenvalue weighted by Gasteiger charge is 2.37. The Morgan fingerprint density at radius 2 is 0.894 bits per heavy atom. The second kappa shape index (κ2) is 15.7. The lowest BCUT2D eigenvalue weighted by molar-refractivity contribution is 0.00472. The van der Waals surface area contributed by atoms with Gasteiger partial charge in [-0.1, -0.05) is 146 Å². The highest BCUT2D eigenvalue weighted by atomic mass is 35.5. The van der Waals surface area contributed by atoms with Crippen LogP contribution < -0.4 is 20.1 Å². The van der Waals surface area contributed by atoms with Gasteiger partial charge < -0.3 is 18.9 Å². The standard InChI is InChI=1S/C40H49Cl2O4P/c1-38(2,3)32-20-30(41)22-34(36(32)45-26-43-24-28-16-12-10-13-17-28)47(40(7,8)9)35-23-31(42)21-33(39(4,5)6)37(35)46-27-44-25-29-18-14-11-15-19-29/h10-23H,24-27H2,1-9H3. The lowest BCUT2D eigenvalue weighted by Crippen LogP contribution is -2.32. The largest absolute Gasteiger partial charge is 0.467 e. The predicted octanol–water partition coefficient (Wildman–Crippen LogP) is 10.9. The number of rotatable bonds is 12. The molecule has 0 aromatic heterocycles. The van der Waals surface area contributed by atoms with E-state index in [1.165, 1.54) is 0 Å². The molecule has 4 aromatic rings. The molecular weight excluding hydrogens is 646 g/mol. The van der Waals surface area contributed by atoms with Crippen LogP contribution in [0.15, 0.2) is 84.9 Å². The van der Waals surface area contributed by atoms with Gasteiger partial charge in [-0.15, -0.1) is 0 Å². The number of benzene rings is 4. The van der Waals surface area contributed by atoms with Gasteiger partial charge in [0.25, 0.3) is 0 Å². The van der Waals surface area contributed by atoms with Crippen LogP contribution in [0.2, 0.25) is 10.0 Å². The van der Waals surface area contributed by atoms with E-state index in [9.17, 15) is 0 Å². The average molecular weight is 696 g/mol. The Morgan fingerprint density at radius 1 is 0.532 bits per heavy atom. The minimum absolute atomic E-state index is 0.0966. The Labute approximate surface area is 293 Å². The lowest BCUT2D eigenvalue weighted by atomic mass is 9.86. The fourth-order valence-corrected chi connectivity index (χ4v) is 9.04. The zero-order valence-corrected chi connectivity index (χ0v) is 31.7. The molecule has 0 fully saturated rings. The Balaban J connectivity index is 1.81. The molecule has 47 heavy (non-hydrogen) atoms. The summed E-state index contributed by atoms with van der Waals surface area (Å²) in [6.45, 7) is 20.9. The van der Waals surface area contributed by atoms with Crippen molar-refractivity contribution in [1.82, 2.24) is 0 Å². The highest BCUT2D eigenvalue weighted by molar-refractivity contribution is 7.74. The Kier molecular flexibility index (Phi) is 12.5. The fourth-order valence-electron chi connectivity index (χ4n) is 5.43. The smallest absolute Gasteiger partial charge is 0.189 e. The summed E-state index contributed by atoms with van der Waals surface area (Å²) in [7, 11) is -1.15. The fraction of sp³-hybridized carbons (Fsp3) is 0.400. The highest BCUT2D eigenvalue weighted by Crippen LogP contribution is 2.54. The molecule has 7 heteroatoms. The van der Waals surface area contributed by atoms with E-state index in [4.69, 9.17) is 42.1 Å². The molecule has 0 radical (unpaired) electrons. The van der Waals surface area contributed by atoms with Gasteiger partial charge in [0.1, 0.15) is 11.5 Å². The average Bonchev–Trinajstić information content (AvgIpc) is 2.98. The zero-order valence-electron chi connectivity index (χ0n) is 29.2. The summed E-state index contributed by atoms with van der Waals surface area (Å²) in [4.78, 5) is 0. The van der Waals surface area contributed by atoms with Crippen molar-refractivity contribution in [1.29, 1.82) is 0 Å². The van der Waals surface area contributed by atoms with E-state index in [-0.39, 0.29) is 29.6 Å². The van der Waals surface area contributed by atoms with Crippen LogP contribution in [-0.2, 0) is 33.5 Å². The molecule has 0 unspecified atom stereocenters. The van der Waals surface area contributed by atoms with E-state index < -0.39 is 7.92 Å². The van der Waals surface area contributed by atoms with Crippen LogP contribution in [0.3, 0.4) is 0 Å². The first-order valence-corrected chi connectivity index (χ1v) is 18.1. The quantitative estimate of drug-likeness (QED) is 0.0840. The first-order valence-electron chi connectivity index (χ1n) is 16.0. The third-order valence-electron chi connectivity index (χ3n) is 7.63. The SMILES string of the molecule is CC(C)(C)c1cc(Cl)cc(P(c2cc(Cl)cc(C(C)(C)C)c2OCOCc2ccccc2)C(C)(C)C)c1OCOCc1ccccc1. The van der Waals surface area contributed by atoms with E-state index in [0.717, 1.165) is 44.4 Å². The molecule has 0 aliphatic heterocycles. The molecule has 0 amide bonds. The van der Waals surface area contributed by atoms with Gasteiger partial charge in [-0.25, -0.2) is 0 Å². The van der Waals surface area contributed by atoms with Crippen LogP contribution in [0.5, 0.6) is 11.5 Å². The van der Waals surface area contributed by atoms with Gasteiger partial charge in [-0.05, 0) is 59.3 Å². The molecule has 0 heterocycles. The van der Waals surface area contributed by atoms with Gasteiger partial charge in [-0.2, -0.15) is 0 Å². The van der Waals surface area contributed by atoms with Gasteiger partial charge in [0.05, 0.1) is 13.2 Å². The molecule has 0 aliphatic carbocycles. The topological polar surface area (TPSA) is 36.9 Å². The van der Waals surface area contributed by atoms with E-state index in [1.54, 1.807) is 0 Å². The predicted molar refractivity (Wildman–Crippen MR) is 200 cm³/mol. The molecule has 0 aliphatic rings.